The molecule has 0 amide bonds. The molecule has 0 aromatic heterocycles. The van der Waals surface area contributed by atoms with Gasteiger partial charge in [0.2, 0.25) is 0 Å². The molecule has 0 saturated heterocycles. The predicted octanol–water partition coefficient (Wildman–Crippen LogP) is 1.49. The van der Waals surface area contributed by atoms with Crippen LogP contribution in [0.4, 0.5) is 0 Å². The third kappa shape index (κ3) is 0.513. The molecule has 2 nitrogen and oxygen atoms in total. The largest absolute Gasteiger partial charge is 0.377 e. The average Bonchev–Trinajstić information content (AvgIpc) is 2.49. The van der Waals surface area contributed by atoms with Crippen molar-refractivity contribution in [2.45, 2.75) is 25.4 Å². The molecule has 14 heavy (non-hydrogen) atoms. The van der Waals surface area contributed by atoms with Crippen molar-refractivity contribution in [2.24, 2.45) is 35.5 Å². The summed E-state index contributed by atoms with van der Waals surface area (Å²) in [4.78, 5) is 11.6. The Bertz CT molecular complexity index is 337. The molecular weight excluding hydrogens is 176 g/mol. The molecule has 0 aromatic rings. The van der Waals surface area contributed by atoms with Gasteiger partial charge < -0.3 is 4.74 Å². The minimum Gasteiger partial charge on any atom is -0.377 e. The maximum atomic E-state index is 11.6. The topological polar surface area (TPSA) is 26.3 Å². The van der Waals surface area contributed by atoms with Gasteiger partial charge in [-0.3, -0.25) is 4.79 Å². The fraction of sp³-hybridized carbons (Fsp3) is 0.917. The molecule has 5 saturated carbocycles. The van der Waals surface area contributed by atoms with Crippen LogP contribution in [0.2, 0.25) is 0 Å². The van der Waals surface area contributed by atoms with Gasteiger partial charge >= 0.3 is 0 Å². The molecule has 5 rings (SSSR count). The summed E-state index contributed by atoms with van der Waals surface area (Å²) in [7, 11) is 1.83. The number of methoxy groups -OCH3 is 1. The van der Waals surface area contributed by atoms with Gasteiger partial charge in [-0.15, -0.1) is 0 Å². The van der Waals surface area contributed by atoms with E-state index in [2.05, 4.69) is 0 Å². The first-order valence-corrected chi connectivity index (χ1v) is 5.77. The van der Waals surface area contributed by atoms with E-state index in [4.69, 9.17) is 4.74 Å². The lowest BCUT2D eigenvalue weighted by atomic mass is 9.81. The zero-order valence-corrected chi connectivity index (χ0v) is 8.69. The van der Waals surface area contributed by atoms with Gasteiger partial charge in [-0.25, -0.2) is 0 Å². The first kappa shape index (κ1) is 7.86. The molecule has 5 aliphatic carbocycles. The highest BCUT2D eigenvalue weighted by atomic mass is 16.5. The lowest BCUT2D eigenvalue weighted by molar-refractivity contribution is -0.135. The SMILES string of the molecule is CO[C@@]12C3C4CC1[C@H](C[C@H]2C(C)=O)C43. The highest BCUT2D eigenvalue weighted by molar-refractivity contribution is 5.81. The highest BCUT2D eigenvalue weighted by Gasteiger charge is 2.85. The molecular formula is C12H16O2. The maximum Gasteiger partial charge on any atom is 0.135 e. The number of carbonyl (C=O) groups excluding carboxylic acids is 1. The lowest BCUT2D eigenvalue weighted by Crippen LogP contribution is -2.43. The van der Waals surface area contributed by atoms with Gasteiger partial charge in [0.15, 0.2) is 0 Å². The number of rotatable bonds is 2. The van der Waals surface area contributed by atoms with Crippen LogP contribution in [0.5, 0.6) is 0 Å². The lowest BCUT2D eigenvalue weighted by Gasteiger charge is -2.34. The van der Waals surface area contributed by atoms with Crippen LogP contribution in [0.3, 0.4) is 0 Å². The fourth-order valence-electron chi connectivity index (χ4n) is 5.61. The minimum atomic E-state index is 0.00579. The predicted molar refractivity (Wildman–Crippen MR) is 50.6 cm³/mol. The maximum absolute atomic E-state index is 11.6. The number of hydrogen-bond donors (Lipinski definition) is 0. The van der Waals surface area contributed by atoms with E-state index >= 15 is 0 Å². The number of Topliss-reactive ketones (excluding diaryl/α,β-unsaturated/α-hetero) is 1. The van der Waals surface area contributed by atoms with Gasteiger partial charge in [0.05, 0.1) is 5.60 Å². The Labute approximate surface area is 84.0 Å². The Morgan fingerprint density at radius 1 is 1.36 bits per heavy atom. The van der Waals surface area contributed by atoms with Crippen molar-refractivity contribution in [1.29, 1.82) is 0 Å². The smallest absolute Gasteiger partial charge is 0.135 e. The summed E-state index contributed by atoms with van der Waals surface area (Å²) < 4.78 is 5.85. The van der Waals surface area contributed by atoms with E-state index in [1.54, 1.807) is 6.92 Å². The third-order valence-corrected chi connectivity index (χ3v) is 5.76. The second-order valence-corrected chi connectivity index (χ2v) is 5.73. The standard InChI is InChI=1S/C12H16O2/c1-5(13)8-3-6-9-4-7-10(6)11(7)12(8,9)14-2/h6-11H,3-4H2,1-2H3/t6-,7?,8-,9?,10?,11?,12+/m0/s1. The summed E-state index contributed by atoms with van der Waals surface area (Å²) in [5.41, 5.74) is 0.00579. The zero-order chi connectivity index (χ0) is 9.66. The highest BCUT2D eigenvalue weighted by Crippen LogP contribution is 2.84. The van der Waals surface area contributed by atoms with Crippen LogP contribution in [-0.2, 0) is 9.53 Å². The van der Waals surface area contributed by atoms with Crippen LogP contribution in [0, 0.1) is 35.5 Å². The van der Waals surface area contributed by atoms with Crippen LogP contribution in [0.25, 0.3) is 0 Å². The Hall–Kier alpha value is -0.370. The van der Waals surface area contributed by atoms with Crippen molar-refractivity contribution in [3.05, 3.63) is 0 Å². The number of ether oxygens (including phenoxy) is 1. The van der Waals surface area contributed by atoms with Gasteiger partial charge in [0.25, 0.3) is 0 Å². The first-order valence-electron chi connectivity index (χ1n) is 5.77. The van der Waals surface area contributed by atoms with Crippen molar-refractivity contribution in [3.8, 4) is 0 Å². The van der Waals surface area contributed by atoms with Crippen molar-refractivity contribution in [1.82, 2.24) is 0 Å². The fourth-order valence-corrected chi connectivity index (χ4v) is 5.61. The van der Waals surface area contributed by atoms with Crippen LogP contribution in [-0.4, -0.2) is 18.5 Å². The molecule has 2 heteroatoms. The van der Waals surface area contributed by atoms with Gasteiger partial charge in [-0.1, -0.05) is 0 Å². The number of ketones is 1. The Balaban J connectivity index is 1.85. The first-order chi connectivity index (χ1) is 6.71. The van der Waals surface area contributed by atoms with Crippen LogP contribution in [0.15, 0.2) is 0 Å². The summed E-state index contributed by atoms with van der Waals surface area (Å²) in [5.74, 6) is 4.84. The average molecular weight is 192 g/mol. The Morgan fingerprint density at radius 2 is 2.14 bits per heavy atom. The molecule has 6 bridgehead atoms. The van der Waals surface area contributed by atoms with Crippen LogP contribution >= 0.6 is 0 Å². The van der Waals surface area contributed by atoms with E-state index in [0.717, 1.165) is 36.0 Å². The summed E-state index contributed by atoms with van der Waals surface area (Å²) >= 11 is 0. The third-order valence-electron chi connectivity index (χ3n) is 5.76. The monoisotopic (exact) mass is 192 g/mol. The molecule has 0 radical (unpaired) electrons. The van der Waals surface area contributed by atoms with E-state index in [1.807, 2.05) is 7.11 Å². The molecule has 0 spiro atoms. The van der Waals surface area contributed by atoms with E-state index in [0.29, 0.717) is 5.78 Å². The Morgan fingerprint density at radius 3 is 2.64 bits per heavy atom. The van der Waals surface area contributed by atoms with Crippen LogP contribution < -0.4 is 0 Å². The summed E-state index contributed by atoms with van der Waals surface area (Å²) in [6.45, 7) is 1.75. The molecule has 0 aromatic carbocycles. The van der Waals surface area contributed by atoms with Gasteiger partial charge in [0.1, 0.15) is 5.78 Å². The Kier molecular flexibility index (Phi) is 1.09. The second kappa shape index (κ2) is 1.95. The van der Waals surface area contributed by atoms with E-state index in [9.17, 15) is 4.79 Å². The molecule has 7 atom stereocenters. The van der Waals surface area contributed by atoms with Crippen molar-refractivity contribution in [2.75, 3.05) is 7.11 Å². The quantitative estimate of drug-likeness (QED) is 0.662. The summed E-state index contributed by atoms with van der Waals surface area (Å²) in [5, 5.41) is 0. The minimum absolute atomic E-state index is 0.00579. The van der Waals surface area contributed by atoms with Gasteiger partial charge in [-0.2, -0.15) is 0 Å². The molecule has 0 heterocycles. The van der Waals surface area contributed by atoms with Crippen LogP contribution in [0.1, 0.15) is 19.8 Å². The normalized spacial score (nSPS) is 66.1. The molecule has 0 aliphatic heterocycles. The van der Waals surface area contributed by atoms with Gasteiger partial charge in [0, 0.05) is 13.0 Å². The molecule has 5 aliphatic rings. The number of hydrogen-bond acceptors (Lipinski definition) is 2. The molecule has 4 unspecified atom stereocenters. The van der Waals surface area contributed by atoms with E-state index in [-0.39, 0.29) is 11.5 Å². The van der Waals surface area contributed by atoms with E-state index < -0.39 is 0 Å². The van der Waals surface area contributed by atoms with E-state index in [1.165, 1.54) is 6.42 Å². The summed E-state index contributed by atoms with van der Waals surface area (Å²) in [6, 6.07) is 0. The van der Waals surface area contributed by atoms with Gasteiger partial charge in [-0.05, 0) is 49.4 Å². The molecule has 5 fully saturated rings. The second-order valence-electron chi connectivity index (χ2n) is 5.73. The van der Waals surface area contributed by atoms with Crippen molar-refractivity contribution in [3.63, 3.8) is 0 Å². The van der Waals surface area contributed by atoms with Crippen molar-refractivity contribution < 1.29 is 9.53 Å². The van der Waals surface area contributed by atoms with Crippen molar-refractivity contribution >= 4 is 5.78 Å². The molecule has 76 valence electrons. The molecule has 0 N–H and O–H groups in total. The summed E-state index contributed by atoms with van der Waals surface area (Å²) in [6.07, 6.45) is 2.49. The number of carbonyl (C=O) groups is 1. The zero-order valence-electron chi connectivity index (χ0n) is 8.69.